The Labute approximate surface area is 117 Å². The van der Waals surface area contributed by atoms with E-state index in [2.05, 4.69) is 20.7 Å². The zero-order valence-electron chi connectivity index (χ0n) is 11.5. The summed E-state index contributed by atoms with van der Waals surface area (Å²) in [6.07, 6.45) is 2.31. The second-order valence-corrected chi connectivity index (χ2v) is 4.48. The van der Waals surface area contributed by atoms with Gasteiger partial charge in [-0.05, 0) is 6.42 Å². The molecule has 1 amide bonds. The average molecular weight is 280 g/mol. The van der Waals surface area contributed by atoms with Crippen molar-refractivity contribution in [3.63, 3.8) is 0 Å². The first-order chi connectivity index (χ1) is 9.76. The Morgan fingerprint density at radius 2 is 2.45 bits per heavy atom. The maximum atomic E-state index is 12.2. The lowest BCUT2D eigenvalue weighted by atomic mass is 10.2. The summed E-state index contributed by atoms with van der Waals surface area (Å²) in [5.41, 5.74) is 2.48. The zero-order chi connectivity index (χ0) is 14.4. The minimum Gasteiger partial charge on any atom is -0.377 e. The molecule has 4 N–H and O–H groups in total. The van der Waals surface area contributed by atoms with Gasteiger partial charge in [-0.2, -0.15) is 0 Å². The van der Waals surface area contributed by atoms with Crippen LogP contribution < -0.4 is 21.5 Å². The van der Waals surface area contributed by atoms with Crippen LogP contribution in [0.15, 0.2) is 12.4 Å². The second-order valence-electron chi connectivity index (χ2n) is 4.48. The molecule has 110 valence electrons. The summed E-state index contributed by atoms with van der Waals surface area (Å²) in [5, 5.41) is 2.89. The number of aromatic nitrogens is 2. The molecular weight excluding hydrogens is 260 g/mol. The molecule has 1 atom stereocenters. The van der Waals surface area contributed by atoms with Crippen LogP contribution in [-0.4, -0.2) is 48.2 Å². The predicted octanol–water partition coefficient (Wildman–Crippen LogP) is -0.506. The van der Waals surface area contributed by atoms with E-state index in [0.717, 1.165) is 6.42 Å². The summed E-state index contributed by atoms with van der Waals surface area (Å²) in [5.74, 6) is 6.47. The number of hydrogen-bond acceptors (Lipinski definition) is 7. The van der Waals surface area contributed by atoms with Crippen molar-refractivity contribution >= 4 is 17.5 Å². The van der Waals surface area contributed by atoms with Crippen LogP contribution in [0.25, 0.3) is 0 Å². The molecule has 1 aliphatic heterocycles. The van der Waals surface area contributed by atoms with E-state index in [0.29, 0.717) is 37.9 Å². The molecule has 8 nitrogen and oxygen atoms in total. The second kappa shape index (κ2) is 7.01. The van der Waals surface area contributed by atoms with Gasteiger partial charge in [-0.1, -0.05) is 6.92 Å². The summed E-state index contributed by atoms with van der Waals surface area (Å²) < 4.78 is 5.41. The van der Waals surface area contributed by atoms with E-state index in [1.807, 2.05) is 11.8 Å². The Balaban J connectivity index is 2.15. The normalized spacial score (nSPS) is 18.7. The number of ether oxygens (including phenoxy) is 1. The summed E-state index contributed by atoms with van der Waals surface area (Å²) >= 11 is 0. The lowest BCUT2D eigenvalue weighted by molar-refractivity contribution is -0.124. The van der Waals surface area contributed by atoms with E-state index in [1.165, 1.54) is 6.33 Å². The highest BCUT2D eigenvalue weighted by molar-refractivity contribution is 5.85. The average Bonchev–Trinajstić information content (AvgIpc) is 2.52. The zero-order valence-corrected chi connectivity index (χ0v) is 11.5. The number of nitrogens with zero attached hydrogens (tertiary/aromatic N) is 3. The highest BCUT2D eigenvalue weighted by atomic mass is 16.5. The minimum absolute atomic E-state index is 0.0487. The van der Waals surface area contributed by atoms with Gasteiger partial charge in [0.25, 0.3) is 0 Å². The van der Waals surface area contributed by atoms with E-state index < -0.39 is 0 Å². The topological polar surface area (TPSA) is 105 Å². The number of amides is 1. The van der Waals surface area contributed by atoms with Gasteiger partial charge in [0.2, 0.25) is 5.91 Å². The van der Waals surface area contributed by atoms with E-state index in [1.54, 1.807) is 6.07 Å². The summed E-state index contributed by atoms with van der Waals surface area (Å²) in [6, 6.07) is 1.33. The molecule has 1 saturated heterocycles. The number of carbonyl (C=O) groups is 1. The number of nitrogen functional groups attached to an aromatic ring is 1. The molecule has 0 aliphatic carbocycles. The van der Waals surface area contributed by atoms with Crippen molar-refractivity contribution in [3.8, 4) is 0 Å². The molecule has 0 spiro atoms. The first-order valence-electron chi connectivity index (χ1n) is 6.67. The van der Waals surface area contributed by atoms with Crippen LogP contribution in [0.3, 0.4) is 0 Å². The summed E-state index contributed by atoms with van der Waals surface area (Å²) in [6.45, 7) is 4.19. The van der Waals surface area contributed by atoms with E-state index >= 15 is 0 Å². The van der Waals surface area contributed by atoms with Crippen molar-refractivity contribution < 1.29 is 9.53 Å². The highest BCUT2D eigenvalue weighted by Gasteiger charge is 2.30. The molecule has 2 rings (SSSR count). The molecule has 2 heterocycles. The Morgan fingerprint density at radius 3 is 3.20 bits per heavy atom. The van der Waals surface area contributed by atoms with Crippen molar-refractivity contribution in [3.05, 3.63) is 12.4 Å². The van der Waals surface area contributed by atoms with E-state index in [9.17, 15) is 4.79 Å². The van der Waals surface area contributed by atoms with Crippen LogP contribution in [0.4, 0.5) is 11.6 Å². The number of hydrogen-bond donors (Lipinski definition) is 3. The van der Waals surface area contributed by atoms with Crippen molar-refractivity contribution in [2.24, 2.45) is 5.84 Å². The predicted molar refractivity (Wildman–Crippen MR) is 75.1 cm³/mol. The molecule has 20 heavy (non-hydrogen) atoms. The Bertz CT molecular complexity index is 455. The molecule has 1 aromatic rings. The number of anilines is 2. The summed E-state index contributed by atoms with van der Waals surface area (Å²) in [4.78, 5) is 22.3. The maximum absolute atomic E-state index is 12.2. The fourth-order valence-electron chi connectivity index (χ4n) is 2.04. The third-order valence-electron chi connectivity index (χ3n) is 3.08. The van der Waals surface area contributed by atoms with Gasteiger partial charge in [-0.3, -0.25) is 4.79 Å². The van der Waals surface area contributed by atoms with Gasteiger partial charge in [-0.15, -0.1) is 0 Å². The van der Waals surface area contributed by atoms with E-state index in [-0.39, 0.29) is 11.9 Å². The third kappa shape index (κ3) is 3.34. The van der Waals surface area contributed by atoms with Gasteiger partial charge in [0, 0.05) is 19.2 Å². The first-order valence-corrected chi connectivity index (χ1v) is 6.67. The lowest BCUT2D eigenvalue weighted by Crippen LogP contribution is -2.54. The Hall–Kier alpha value is -1.93. The minimum atomic E-state index is -0.379. The number of rotatable bonds is 5. The smallest absolute Gasteiger partial charge is 0.245 e. The van der Waals surface area contributed by atoms with Gasteiger partial charge in [0.05, 0.1) is 13.2 Å². The molecule has 0 bridgehead atoms. The van der Waals surface area contributed by atoms with Crippen molar-refractivity contribution in [1.82, 2.24) is 15.3 Å². The molecule has 8 heteroatoms. The van der Waals surface area contributed by atoms with Crippen LogP contribution in [0.2, 0.25) is 0 Å². The molecule has 1 aromatic heterocycles. The molecule has 1 aliphatic rings. The van der Waals surface area contributed by atoms with Gasteiger partial charge in [0.1, 0.15) is 24.0 Å². The van der Waals surface area contributed by atoms with E-state index in [4.69, 9.17) is 10.6 Å². The molecule has 0 saturated carbocycles. The van der Waals surface area contributed by atoms with Crippen LogP contribution in [0.1, 0.15) is 13.3 Å². The largest absolute Gasteiger partial charge is 0.377 e. The quantitative estimate of drug-likeness (QED) is 0.493. The maximum Gasteiger partial charge on any atom is 0.245 e. The van der Waals surface area contributed by atoms with Crippen LogP contribution in [0.5, 0.6) is 0 Å². The first kappa shape index (κ1) is 14.5. The van der Waals surface area contributed by atoms with Gasteiger partial charge >= 0.3 is 0 Å². The monoisotopic (exact) mass is 280 g/mol. The number of morpholine rings is 1. The third-order valence-corrected chi connectivity index (χ3v) is 3.08. The lowest BCUT2D eigenvalue weighted by Gasteiger charge is -2.35. The molecule has 0 aromatic carbocycles. The molecule has 1 fully saturated rings. The number of nitrogens with two attached hydrogens (primary N) is 1. The highest BCUT2D eigenvalue weighted by Crippen LogP contribution is 2.19. The Kier molecular flexibility index (Phi) is 5.08. The van der Waals surface area contributed by atoms with Crippen molar-refractivity contribution in [2.75, 3.05) is 36.6 Å². The molecular formula is C12H20N6O2. The van der Waals surface area contributed by atoms with Gasteiger partial charge in [-0.25, -0.2) is 15.8 Å². The van der Waals surface area contributed by atoms with Gasteiger partial charge < -0.3 is 20.4 Å². The molecule has 0 radical (unpaired) electrons. The SMILES string of the molecule is CCCNC(=O)C1COCCN1c1cc(NN)ncn1. The van der Waals surface area contributed by atoms with Gasteiger partial charge in [0.15, 0.2) is 0 Å². The fourth-order valence-corrected chi connectivity index (χ4v) is 2.04. The molecule has 1 unspecified atom stereocenters. The fraction of sp³-hybridized carbons (Fsp3) is 0.583. The van der Waals surface area contributed by atoms with Crippen molar-refractivity contribution in [1.29, 1.82) is 0 Å². The summed E-state index contributed by atoms with van der Waals surface area (Å²) in [7, 11) is 0. The number of carbonyl (C=O) groups excluding carboxylic acids is 1. The van der Waals surface area contributed by atoms with Crippen molar-refractivity contribution in [2.45, 2.75) is 19.4 Å². The van der Waals surface area contributed by atoms with Crippen LogP contribution in [-0.2, 0) is 9.53 Å². The van der Waals surface area contributed by atoms with Crippen LogP contribution in [0, 0.1) is 0 Å². The van der Waals surface area contributed by atoms with Crippen LogP contribution >= 0.6 is 0 Å². The number of nitrogens with one attached hydrogen (secondary N) is 2. The number of hydrazine groups is 1. The Morgan fingerprint density at radius 1 is 1.60 bits per heavy atom. The standard InChI is InChI=1S/C12H20N6O2/c1-2-3-14-12(19)9-7-20-5-4-18(9)11-6-10(17-13)15-8-16-11/h6,8-9H,2-5,7,13H2,1H3,(H,14,19)(H,15,16,17).